The predicted molar refractivity (Wildman–Crippen MR) is 88.5 cm³/mol. The summed E-state index contributed by atoms with van der Waals surface area (Å²) in [5.74, 6) is 0.851. The number of benzene rings is 2. The number of sulfonamides is 1. The van der Waals surface area contributed by atoms with Gasteiger partial charge in [-0.15, -0.1) is 0 Å². The lowest BCUT2D eigenvalue weighted by molar-refractivity contribution is -0.385. The summed E-state index contributed by atoms with van der Waals surface area (Å²) in [6, 6.07) is 8.68. The summed E-state index contributed by atoms with van der Waals surface area (Å²) in [5, 5.41) is 18.9. The minimum atomic E-state index is -3.81. The van der Waals surface area contributed by atoms with Gasteiger partial charge in [0, 0.05) is 23.7 Å². The van der Waals surface area contributed by atoms with E-state index in [0.29, 0.717) is 29.2 Å². The van der Waals surface area contributed by atoms with Gasteiger partial charge in [-0.2, -0.15) is 0 Å². The summed E-state index contributed by atoms with van der Waals surface area (Å²) < 4.78 is 28.7. The molecule has 0 saturated heterocycles. The van der Waals surface area contributed by atoms with Crippen LogP contribution >= 0.6 is 0 Å². The van der Waals surface area contributed by atoms with E-state index in [2.05, 4.69) is 5.32 Å². The van der Waals surface area contributed by atoms with Crippen LogP contribution in [0.5, 0.6) is 11.5 Å². The molecule has 0 aliphatic heterocycles. The molecule has 0 spiro atoms. The fourth-order valence-electron chi connectivity index (χ4n) is 2.18. The van der Waals surface area contributed by atoms with Gasteiger partial charge >= 0.3 is 0 Å². The van der Waals surface area contributed by atoms with Gasteiger partial charge in [0.15, 0.2) is 0 Å². The van der Waals surface area contributed by atoms with Crippen molar-refractivity contribution >= 4 is 15.7 Å². The van der Waals surface area contributed by atoms with Crippen molar-refractivity contribution in [3.8, 4) is 11.5 Å². The Morgan fingerprint density at radius 2 is 1.96 bits per heavy atom. The lowest BCUT2D eigenvalue weighted by Gasteiger charge is -2.13. The van der Waals surface area contributed by atoms with Gasteiger partial charge in [-0.1, -0.05) is 0 Å². The third kappa shape index (κ3) is 4.07. The first-order valence-electron chi connectivity index (χ1n) is 6.95. The third-order valence-corrected chi connectivity index (χ3v) is 4.23. The highest BCUT2D eigenvalue weighted by atomic mass is 32.2. The lowest BCUT2D eigenvalue weighted by atomic mass is 10.2. The molecule has 0 aliphatic rings. The maximum absolute atomic E-state index is 11.5. The van der Waals surface area contributed by atoms with Gasteiger partial charge in [-0.3, -0.25) is 10.1 Å². The van der Waals surface area contributed by atoms with Crippen molar-refractivity contribution in [2.45, 2.75) is 18.4 Å². The van der Waals surface area contributed by atoms with Gasteiger partial charge in [0.05, 0.1) is 9.82 Å². The fraction of sp³-hybridized carbons (Fsp3) is 0.200. The number of primary sulfonamides is 1. The number of ether oxygens (including phenoxy) is 1. The minimum Gasteiger partial charge on any atom is -0.457 e. The molecule has 9 heteroatoms. The van der Waals surface area contributed by atoms with E-state index in [0.717, 1.165) is 0 Å². The maximum atomic E-state index is 11.5. The van der Waals surface area contributed by atoms with Crippen molar-refractivity contribution in [1.29, 1.82) is 0 Å². The minimum absolute atomic E-state index is 0.00220. The Hall–Kier alpha value is -2.49. The van der Waals surface area contributed by atoms with E-state index < -0.39 is 14.9 Å². The number of nitro benzene ring substituents is 1. The molecule has 0 fully saturated rings. The van der Waals surface area contributed by atoms with Gasteiger partial charge in [0.1, 0.15) is 11.5 Å². The zero-order valence-corrected chi connectivity index (χ0v) is 14.0. The Balaban J connectivity index is 2.38. The van der Waals surface area contributed by atoms with E-state index in [4.69, 9.17) is 9.88 Å². The molecule has 3 N–H and O–H groups in total. The van der Waals surface area contributed by atoms with Gasteiger partial charge < -0.3 is 10.1 Å². The second-order valence-corrected chi connectivity index (χ2v) is 6.71. The fourth-order valence-corrected chi connectivity index (χ4v) is 2.75. The second kappa shape index (κ2) is 6.95. The van der Waals surface area contributed by atoms with Gasteiger partial charge in [0.2, 0.25) is 10.0 Å². The van der Waals surface area contributed by atoms with Crippen molar-refractivity contribution in [3.63, 3.8) is 0 Å². The topological polar surface area (TPSA) is 125 Å². The molecule has 0 heterocycles. The van der Waals surface area contributed by atoms with E-state index in [-0.39, 0.29) is 10.6 Å². The second-order valence-electron chi connectivity index (χ2n) is 5.15. The maximum Gasteiger partial charge on any atom is 0.272 e. The van der Waals surface area contributed by atoms with Gasteiger partial charge in [0.25, 0.3) is 5.69 Å². The number of rotatable bonds is 6. The first-order chi connectivity index (χ1) is 11.2. The number of aryl methyl sites for hydroxylation is 1. The first kappa shape index (κ1) is 17.9. The van der Waals surface area contributed by atoms with Crippen LogP contribution in [-0.4, -0.2) is 20.4 Å². The lowest BCUT2D eigenvalue weighted by Crippen LogP contribution is -2.14. The van der Waals surface area contributed by atoms with Crippen LogP contribution in [0.3, 0.4) is 0 Å². The Labute approximate surface area is 139 Å². The van der Waals surface area contributed by atoms with Crippen molar-refractivity contribution in [2.75, 3.05) is 7.05 Å². The van der Waals surface area contributed by atoms with Crippen LogP contribution in [0.4, 0.5) is 5.69 Å². The Morgan fingerprint density at radius 1 is 1.25 bits per heavy atom. The third-order valence-electron chi connectivity index (χ3n) is 3.32. The zero-order chi connectivity index (χ0) is 17.9. The summed E-state index contributed by atoms with van der Waals surface area (Å²) in [6.07, 6.45) is 0. The van der Waals surface area contributed by atoms with E-state index in [9.17, 15) is 18.5 Å². The highest BCUT2D eigenvalue weighted by molar-refractivity contribution is 7.89. The molecule has 24 heavy (non-hydrogen) atoms. The number of nitrogens with zero attached hydrogens (tertiary/aromatic N) is 1. The molecule has 2 aromatic rings. The number of nitrogens with two attached hydrogens (primary N) is 1. The van der Waals surface area contributed by atoms with Crippen molar-refractivity contribution < 1.29 is 18.1 Å². The van der Waals surface area contributed by atoms with Crippen LogP contribution in [0.1, 0.15) is 11.1 Å². The molecule has 0 aliphatic carbocycles. The van der Waals surface area contributed by atoms with Crippen molar-refractivity contribution in [2.24, 2.45) is 5.14 Å². The largest absolute Gasteiger partial charge is 0.457 e. The molecular formula is C15H17N3O5S. The molecule has 8 nitrogen and oxygen atoms in total. The number of hydrogen-bond donors (Lipinski definition) is 2. The average molecular weight is 351 g/mol. The average Bonchev–Trinajstić information content (AvgIpc) is 2.48. The quantitative estimate of drug-likeness (QED) is 0.606. The molecular weight excluding hydrogens is 334 g/mol. The molecule has 2 aromatic carbocycles. The normalized spacial score (nSPS) is 11.3. The molecule has 0 radical (unpaired) electrons. The number of nitrogens with one attached hydrogen (secondary N) is 1. The van der Waals surface area contributed by atoms with Crippen LogP contribution in [0.25, 0.3) is 0 Å². The first-order valence-corrected chi connectivity index (χ1v) is 8.50. The highest BCUT2D eigenvalue weighted by Gasteiger charge is 2.14. The smallest absolute Gasteiger partial charge is 0.272 e. The standard InChI is InChI=1S/C15H17N3O5S/c1-10-7-12(3-5-14(10)18(19)20)23-15-6-4-13(24(16,21)22)8-11(15)9-17-2/h3-8,17H,9H2,1-2H3,(H2,16,21,22). The predicted octanol–water partition coefficient (Wildman–Crippen LogP) is 2.06. The molecule has 0 bridgehead atoms. The number of nitro groups is 1. The summed E-state index contributed by atoms with van der Waals surface area (Å²) in [5.41, 5.74) is 1.07. The number of hydrogen-bond acceptors (Lipinski definition) is 6. The molecule has 2 rings (SSSR count). The van der Waals surface area contributed by atoms with Crippen LogP contribution < -0.4 is 15.2 Å². The van der Waals surface area contributed by atoms with E-state index in [1.807, 2.05) is 0 Å². The van der Waals surface area contributed by atoms with E-state index in [1.165, 1.54) is 30.3 Å². The summed E-state index contributed by atoms with van der Waals surface area (Å²) in [4.78, 5) is 10.4. The molecule has 0 saturated carbocycles. The Kier molecular flexibility index (Phi) is 5.17. The van der Waals surface area contributed by atoms with Crippen LogP contribution in [0, 0.1) is 17.0 Å². The van der Waals surface area contributed by atoms with Gasteiger partial charge in [-0.25, -0.2) is 13.6 Å². The van der Waals surface area contributed by atoms with Crippen molar-refractivity contribution in [3.05, 3.63) is 57.6 Å². The molecule has 0 aromatic heterocycles. The van der Waals surface area contributed by atoms with E-state index >= 15 is 0 Å². The highest BCUT2D eigenvalue weighted by Crippen LogP contribution is 2.30. The summed E-state index contributed by atoms with van der Waals surface area (Å²) >= 11 is 0. The monoisotopic (exact) mass is 351 g/mol. The Morgan fingerprint density at radius 3 is 2.50 bits per heavy atom. The zero-order valence-electron chi connectivity index (χ0n) is 13.1. The van der Waals surface area contributed by atoms with Crippen molar-refractivity contribution in [1.82, 2.24) is 5.32 Å². The van der Waals surface area contributed by atoms with Crippen LogP contribution in [0.2, 0.25) is 0 Å². The van der Waals surface area contributed by atoms with Crippen LogP contribution in [0.15, 0.2) is 41.3 Å². The molecule has 0 amide bonds. The van der Waals surface area contributed by atoms with Crippen LogP contribution in [-0.2, 0) is 16.6 Å². The van der Waals surface area contributed by atoms with E-state index in [1.54, 1.807) is 20.0 Å². The Bertz CT molecular complexity index is 881. The summed E-state index contributed by atoms with van der Waals surface area (Å²) in [6.45, 7) is 1.98. The van der Waals surface area contributed by atoms with Gasteiger partial charge in [-0.05, 0) is 44.3 Å². The molecule has 0 unspecified atom stereocenters. The SMILES string of the molecule is CNCc1cc(S(N)(=O)=O)ccc1Oc1ccc([N+](=O)[O-])c(C)c1. The summed E-state index contributed by atoms with van der Waals surface area (Å²) in [7, 11) is -2.10. The molecule has 128 valence electrons. The molecule has 0 atom stereocenters.